The van der Waals surface area contributed by atoms with Crippen molar-refractivity contribution in [3.05, 3.63) is 18.2 Å². The molecule has 0 spiro atoms. The maximum absolute atomic E-state index is 9.18. The normalized spacial score (nSPS) is 13.8. The van der Waals surface area contributed by atoms with Crippen LogP contribution in [0.2, 0.25) is 0 Å². The Labute approximate surface area is 73.1 Å². The van der Waals surface area contributed by atoms with Crippen LogP contribution in [0.1, 0.15) is 32.5 Å². The standard InChI is InChI=1S/C9H16N2O/c1-7(2)9-10-4-5-11(9)6-8(3)12/h4-5,7-8,12H,6H2,1-3H3. The van der Waals surface area contributed by atoms with E-state index in [4.69, 9.17) is 0 Å². The van der Waals surface area contributed by atoms with Gasteiger partial charge in [-0.15, -0.1) is 0 Å². The smallest absolute Gasteiger partial charge is 0.111 e. The van der Waals surface area contributed by atoms with Crippen molar-refractivity contribution in [1.82, 2.24) is 9.55 Å². The lowest BCUT2D eigenvalue weighted by atomic mass is 10.2. The van der Waals surface area contributed by atoms with Crippen LogP contribution >= 0.6 is 0 Å². The maximum atomic E-state index is 9.18. The molecule has 1 heterocycles. The molecule has 0 aromatic carbocycles. The first kappa shape index (κ1) is 9.26. The van der Waals surface area contributed by atoms with Gasteiger partial charge >= 0.3 is 0 Å². The number of aromatic nitrogens is 2. The molecule has 12 heavy (non-hydrogen) atoms. The van der Waals surface area contributed by atoms with Gasteiger partial charge in [-0.1, -0.05) is 13.8 Å². The Morgan fingerprint density at radius 2 is 2.17 bits per heavy atom. The molecule has 3 nitrogen and oxygen atoms in total. The minimum Gasteiger partial charge on any atom is -0.392 e. The van der Waals surface area contributed by atoms with E-state index in [1.165, 1.54) is 0 Å². The molecule has 1 atom stereocenters. The SMILES string of the molecule is CC(O)Cn1ccnc1C(C)C. The number of imidazole rings is 1. The summed E-state index contributed by atoms with van der Waals surface area (Å²) in [5, 5.41) is 9.18. The number of rotatable bonds is 3. The minimum absolute atomic E-state index is 0.309. The van der Waals surface area contributed by atoms with Gasteiger partial charge in [0, 0.05) is 24.9 Å². The van der Waals surface area contributed by atoms with E-state index in [0.717, 1.165) is 5.82 Å². The lowest BCUT2D eigenvalue weighted by molar-refractivity contribution is 0.172. The molecule has 0 amide bonds. The van der Waals surface area contributed by atoms with Crippen LogP contribution in [0.25, 0.3) is 0 Å². The van der Waals surface area contributed by atoms with Crippen LogP contribution in [-0.4, -0.2) is 20.8 Å². The van der Waals surface area contributed by atoms with E-state index in [1.807, 2.05) is 10.8 Å². The molecule has 3 heteroatoms. The highest BCUT2D eigenvalue weighted by molar-refractivity contribution is 4.97. The summed E-state index contributed by atoms with van der Waals surface area (Å²) in [6, 6.07) is 0. The number of nitrogens with zero attached hydrogens (tertiary/aromatic N) is 2. The third kappa shape index (κ3) is 2.08. The number of hydrogen-bond donors (Lipinski definition) is 1. The van der Waals surface area contributed by atoms with Crippen molar-refractivity contribution in [2.45, 2.75) is 39.3 Å². The number of aliphatic hydroxyl groups is 1. The highest BCUT2D eigenvalue weighted by atomic mass is 16.3. The summed E-state index contributed by atoms with van der Waals surface area (Å²) in [4.78, 5) is 4.22. The number of hydrogen-bond acceptors (Lipinski definition) is 2. The van der Waals surface area contributed by atoms with Gasteiger partial charge in [0.05, 0.1) is 6.10 Å². The molecule has 1 aromatic heterocycles. The quantitative estimate of drug-likeness (QED) is 0.740. The number of aliphatic hydroxyl groups excluding tert-OH is 1. The van der Waals surface area contributed by atoms with E-state index >= 15 is 0 Å². The summed E-state index contributed by atoms with van der Waals surface area (Å²) in [5.41, 5.74) is 0. The average Bonchev–Trinajstić information content (AvgIpc) is 2.33. The Kier molecular flexibility index (Phi) is 2.87. The second kappa shape index (κ2) is 3.72. The summed E-state index contributed by atoms with van der Waals surface area (Å²) in [6.45, 7) is 6.61. The summed E-state index contributed by atoms with van der Waals surface area (Å²) >= 11 is 0. The van der Waals surface area contributed by atoms with Crippen LogP contribution in [-0.2, 0) is 6.54 Å². The van der Waals surface area contributed by atoms with Crippen molar-refractivity contribution < 1.29 is 5.11 Å². The molecule has 1 rings (SSSR count). The molecule has 0 fully saturated rings. The third-order valence-electron chi connectivity index (χ3n) is 1.73. The molecular weight excluding hydrogens is 152 g/mol. The second-order valence-corrected chi connectivity index (χ2v) is 3.44. The van der Waals surface area contributed by atoms with Crippen LogP contribution in [0, 0.1) is 0 Å². The van der Waals surface area contributed by atoms with E-state index in [0.29, 0.717) is 12.5 Å². The molecule has 68 valence electrons. The lowest BCUT2D eigenvalue weighted by Crippen LogP contribution is -2.14. The zero-order chi connectivity index (χ0) is 9.14. The first-order valence-corrected chi connectivity index (χ1v) is 4.30. The Balaban J connectivity index is 2.77. The molecule has 0 aliphatic rings. The van der Waals surface area contributed by atoms with Gasteiger partial charge in [0.25, 0.3) is 0 Å². The minimum atomic E-state index is -0.309. The van der Waals surface area contributed by atoms with Crippen molar-refractivity contribution in [3.8, 4) is 0 Å². The average molecular weight is 168 g/mol. The molecule has 1 unspecified atom stereocenters. The fraction of sp³-hybridized carbons (Fsp3) is 0.667. The van der Waals surface area contributed by atoms with Crippen LogP contribution < -0.4 is 0 Å². The fourth-order valence-corrected chi connectivity index (χ4v) is 1.26. The van der Waals surface area contributed by atoms with Crippen molar-refractivity contribution >= 4 is 0 Å². The predicted octanol–water partition coefficient (Wildman–Crippen LogP) is 1.39. The Morgan fingerprint density at radius 3 is 2.67 bits per heavy atom. The van der Waals surface area contributed by atoms with E-state index in [2.05, 4.69) is 18.8 Å². The van der Waals surface area contributed by atoms with Crippen LogP contribution in [0.3, 0.4) is 0 Å². The monoisotopic (exact) mass is 168 g/mol. The maximum Gasteiger partial charge on any atom is 0.111 e. The molecule has 0 radical (unpaired) electrons. The molecular formula is C9H16N2O. The Morgan fingerprint density at radius 1 is 1.50 bits per heavy atom. The summed E-state index contributed by atoms with van der Waals surface area (Å²) in [6.07, 6.45) is 3.37. The van der Waals surface area contributed by atoms with Gasteiger partial charge in [0.1, 0.15) is 5.82 Å². The molecule has 0 saturated heterocycles. The molecule has 0 bridgehead atoms. The van der Waals surface area contributed by atoms with Crippen LogP contribution in [0.5, 0.6) is 0 Å². The summed E-state index contributed by atoms with van der Waals surface area (Å²) < 4.78 is 2.00. The molecule has 1 aromatic rings. The van der Waals surface area contributed by atoms with Gasteiger partial charge < -0.3 is 9.67 Å². The van der Waals surface area contributed by atoms with E-state index in [1.54, 1.807) is 13.1 Å². The van der Waals surface area contributed by atoms with E-state index < -0.39 is 0 Å². The van der Waals surface area contributed by atoms with Gasteiger partial charge in [-0.3, -0.25) is 0 Å². The molecule has 0 saturated carbocycles. The van der Waals surface area contributed by atoms with Gasteiger partial charge in [0.15, 0.2) is 0 Å². The Hall–Kier alpha value is -0.830. The topological polar surface area (TPSA) is 38.0 Å². The third-order valence-corrected chi connectivity index (χ3v) is 1.73. The van der Waals surface area contributed by atoms with E-state index in [9.17, 15) is 5.11 Å². The zero-order valence-corrected chi connectivity index (χ0v) is 7.86. The summed E-state index contributed by atoms with van der Waals surface area (Å²) in [5.74, 6) is 1.45. The highest BCUT2D eigenvalue weighted by Gasteiger charge is 2.07. The van der Waals surface area contributed by atoms with Crippen LogP contribution in [0.15, 0.2) is 12.4 Å². The van der Waals surface area contributed by atoms with E-state index in [-0.39, 0.29) is 6.10 Å². The highest BCUT2D eigenvalue weighted by Crippen LogP contribution is 2.11. The van der Waals surface area contributed by atoms with Gasteiger partial charge in [-0.2, -0.15) is 0 Å². The molecule has 0 aliphatic heterocycles. The second-order valence-electron chi connectivity index (χ2n) is 3.44. The molecule has 0 aliphatic carbocycles. The van der Waals surface area contributed by atoms with Gasteiger partial charge in [-0.25, -0.2) is 4.98 Å². The largest absolute Gasteiger partial charge is 0.392 e. The van der Waals surface area contributed by atoms with Gasteiger partial charge in [-0.05, 0) is 6.92 Å². The van der Waals surface area contributed by atoms with Crippen molar-refractivity contribution in [1.29, 1.82) is 0 Å². The van der Waals surface area contributed by atoms with Crippen molar-refractivity contribution in [2.24, 2.45) is 0 Å². The fourth-order valence-electron chi connectivity index (χ4n) is 1.26. The summed E-state index contributed by atoms with van der Waals surface area (Å²) in [7, 11) is 0. The van der Waals surface area contributed by atoms with Crippen molar-refractivity contribution in [2.75, 3.05) is 0 Å². The zero-order valence-electron chi connectivity index (χ0n) is 7.86. The van der Waals surface area contributed by atoms with Crippen molar-refractivity contribution in [3.63, 3.8) is 0 Å². The van der Waals surface area contributed by atoms with Gasteiger partial charge in [0.2, 0.25) is 0 Å². The first-order chi connectivity index (χ1) is 5.61. The lowest BCUT2D eigenvalue weighted by Gasteiger charge is -2.11. The predicted molar refractivity (Wildman–Crippen MR) is 48.0 cm³/mol. The first-order valence-electron chi connectivity index (χ1n) is 4.30. The molecule has 1 N–H and O–H groups in total. The Bertz CT molecular complexity index is 240. The van der Waals surface area contributed by atoms with Crippen LogP contribution in [0.4, 0.5) is 0 Å².